The summed E-state index contributed by atoms with van der Waals surface area (Å²) in [7, 11) is 0. The predicted octanol–water partition coefficient (Wildman–Crippen LogP) is 3.83. The summed E-state index contributed by atoms with van der Waals surface area (Å²) in [6.45, 7) is 5.39. The molecule has 4 heterocycles. The molecule has 0 bridgehead atoms. The van der Waals surface area contributed by atoms with Crippen molar-refractivity contribution in [1.29, 1.82) is 0 Å². The van der Waals surface area contributed by atoms with E-state index in [0.29, 0.717) is 23.5 Å². The van der Waals surface area contributed by atoms with Gasteiger partial charge in [-0.1, -0.05) is 0 Å². The summed E-state index contributed by atoms with van der Waals surface area (Å²) in [4.78, 5) is 21.8. The average Bonchev–Trinajstić information content (AvgIpc) is 3.16. The van der Waals surface area contributed by atoms with Crippen molar-refractivity contribution < 1.29 is 23.0 Å². The number of fused-ring (bicyclic) bond motifs is 1. The fraction of sp³-hybridized carbons (Fsp3) is 0.714. The Balaban J connectivity index is 1.41. The Morgan fingerprint density at radius 1 is 1.31 bits per heavy atom. The van der Waals surface area contributed by atoms with Gasteiger partial charge in [0.15, 0.2) is 11.9 Å². The van der Waals surface area contributed by atoms with Gasteiger partial charge >= 0.3 is 6.09 Å². The first-order chi connectivity index (χ1) is 15.1. The third kappa shape index (κ3) is 4.92. The van der Waals surface area contributed by atoms with Gasteiger partial charge in [0.2, 0.25) is 0 Å². The Hall–Kier alpha value is -2.56. The predicted molar refractivity (Wildman–Crippen MR) is 114 cm³/mol. The smallest absolute Gasteiger partial charge is 0.410 e. The highest BCUT2D eigenvalue weighted by Gasteiger charge is 2.46. The molecule has 1 N–H and O–H groups in total. The van der Waals surface area contributed by atoms with Crippen LogP contribution in [-0.2, 0) is 9.47 Å². The van der Waals surface area contributed by atoms with Crippen LogP contribution < -0.4 is 5.32 Å². The van der Waals surface area contributed by atoms with E-state index in [1.54, 1.807) is 31.6 Å². The maximum atomic E-state index is 14.8. The van der Waals surface area contributed by atoms with Gasteiger partial charge in [-0.3, -0.25) is 0 Å². The van der Waals surface area contributed by atoms with Crippen molar-refractivity contribution in [2.75, 3.05) is 31.6 Å². The molecule has 2 aromatic heterocycles. The second-order valence-electron chi connectivity index (χ2n) is 9.40. The van der Waals surface area contributed by atoms with Crippen LogP contribution in [0.2, 0.25) is 0 Å². The summed E-state index contributed by atoms with van der Waals surface area (Å²) < 4.78 is 42.4. The van der Waals surface area contributed by atoms with Crippen molar-refractivity contribution in [3.05, 3.63) is 12.5 Å². The quantitative estimate of drug-likeness (QED) is 0.753. The molecule has 2 aliphatic rings. The zero-order valence-corrected chi connectivity index (χ0v) is 18.7. The molecule has 0 radical (unpaired) electrons. The highest BCUT2D eigenvalue weighted by molar-refractivity contribution is 5.86. The lowest BCUT2D eigenvalue weighted by atomic mass is 9.93. The minimum atomic E-state index is -3.05. The van der Waals surface area contributed by atoms with Crippen LogP contribution in [0.1, 0.15) is 52.7 Å². The largest absolute Gasteiger partial charge is 0.444 e. The Bertz CT molecular complexity index is 955. The minimum absolute atomic E-state index is 0.0202. The molecule has 2 fully saturated rings. The van der Waals surface area contributed by atoms with Crippen molar-refractivity contribution >= 4 is 22.9 Å². The van der Waals surface area contributed by atoms with Gasteiger partial charge in [-0.2, -0.15) is 5.10 Å². The molecule has 9 nitrogen and oxygen atoms in total. The molecule has 1 unspecified atom stereocenters. The van der Waals surface area contributed by atoms with Crippen LogP contribution in [0.3, 0.4) is 0 Å². The van der Waals surface area contributed by atoms with Crippen LogP contribution >= 0.6 is 0 Å². The SMILES string of the molecule is CC(C)(C)OC(=O)N1CCC(CNc2ncnc3c2cnn3[C@H]2CCCCO2)C(F)(F)C1. The number of nitrogens with zero attached hydrogens (tertiary/aromatic N) is 5. The lowest BCUT2D eigenvalue weighted by Gasteiger charge is -2.38. The normalized spacial score (nSPS) is 23.8. The van der Waals surface area contributed by atoms with E-state index in [1.165, 1.54) is 6.33 Å². The first-order valence-corrected chi connectivity index (χ1v) is 11.0. The van der Waals surface area contributed by atoms with Crippen molar-refractivity contribution in [1.82, 2.24) is 24.6 Å². The zero-order valence-electron chi connectivity index (χ0n) is 18.7. The molecule has 2 atom stereocenters. The molecule has 0 spiro atoms. The van der Waals surface area contributed by atoms with Crippen molar-refractivity contribution in [2.45, 2.75) is 64.2 Å². The number of hydrogen-bond acceptors (Lipinski definition) is 7. The Morgan fingerprint density at radius 3 is 2.81 bits per heavy atom. The van der Waals surface area contributed by atoms with Gasteiger partial charge in [0.05, 0.1) is 18.1 Å². The Kier molecular flexibility index (Phi) is 6.19. The van der Waals surface area contributed by atoms with Crippen molar-refractivity contribution in [3.63, 3.8) is 0 Å². The average molecular weight is 453 g/mol. The number of ether oxygens (including phenoxy) is 2. The number of piperidine rings is 1. The molecule has 176 valence electrons. The third-order valence-electron chi connectivity index (χ3n) is 5.73. The standard InChI is InChI=1S/C21H30F2N6O3/c1-20(2,3)32-19(30)28-8-7-14(21(22,23)12-28)10-24-17-15-11-27-29(18(15)26-13-25-17)16-6-4-5-9-31-16/h11,13-14,16H,4-10,12H2,1-3H3,(H,24,25,26)/t14?,16-/m1/s1. The first kappa shape index (κ1) is 22.6. The zero-order chi connectivity index (χ0) is 22.9. The van der Waals surface area contributed by atoms with Crippen molar-refractivity contribution in [2.24, 2.45) is 5.92 Å². The molecule has 0 saturated carbocycles. The molecule has 2 aliphatic heterocycles. The first-order valence-electron chi connectivity index (χ1n) is 11.0. The fourth-order valence-electron chi connectivity index (χ4n) is 4.07. The van der Waals surface area contributed by atoms with E-state index in [2.05, 4.69) is 20.4 Å². The monoisotopic (exact) mass is 452 g/mol. The van der Waals surface area contributed by atoms with E-state index < -0.39 is 30.1 Å². The molecule has 32 heavy (non-hydrogen) atoms. The molecule has 1 amide bonds. The van der Waals surface area contributed by atoms with Gasteiger partial charge in [0, 0.05) is 25.6 Å². The summed E-state index contributed by atoms with van der Waals surface area (Å²) in [6.07, 6.45) is 5.24. The van der Waals surface area contributed by atoms with Crippen molar-refractivity contribution in [3.8, 4) is 0 Å². The van der Waals surface area contributed by atoms with E-state index in [9.17, 15) is 13.6 Å². The lowest BCUT2D eigenvalue weighted by molar-refractivity contribution is -0.106. The maximum absolute atomic E-state index is 14.8. The molecule has 2 saturated heterocycles. The topological polar surface area (TPSA) is 94.4 Å². The van der Waals surface area contributed by atoms with E-state index in [0.717, 1.165) is 24.2 Å². The molecule has 0 aliphatic carbocycles. The number of aromatic nitrogens is 4. The summed E-state index contributed by atoms with van der Waals surface area (Å²) in [5.41, 5.74) is -0.114. The molecular formula is C21H30F2N6O3. The summed E-state index contributed by atoms with van der Waals surface area (Å²) in [5, 5.41) is 8.12. The number of rotatable bonds is 4. The second-order valence-corrected chi connectivity index (χ2v) is 9.40. The number of amides is 1. The Labute approximate surface area is 185 Å². The molecule has 0 aromatic carbocycles. The van der Waals surface area contributed by atoms with E-state index in [-0.39, 0.29) is 25.7 Å². The Morgan fingerprint density at radius 2 is 2.12 bits per heavy atom. The van der Waals surface area contributed by atoms with Crippen LogP contribution in [-0.4, -0.2) is 68.5 Å². The van der Waals surface area contributed by atoms with Crippen LogP contribution in [0.4, 0.5) is 19.4 Å². The fourth-order valence-corrected chi connectivity index (χ4v) is 4.07. The van der Waals surface area contributed by atoms with Crippen LogP contribution in [0.5, 0.6) is 0 Å². The van der Waals surface area contributed by atoms with Gasteiger partial charge in [0.25, 0.3) is 5.92 Å². The highest BCUT2D eigenvalue weighted by atomic mass is 19.3. The number of nitrogens with one attached hydrogen (secondary N) is 1. The number of carbonyl (C=O) groups is 1. The number of anilines is 1. The number of alkyl halides is 2. The van der Waals surface area contributed by atoms with E-state index in [4.69, 9.17) is 9.47 Å². The van der Waals surface area contributed by atoms with E-state index >= 15 is 0 Å². The maximum Gasteiger partial charge on any atom is 0.410 e. The molecule has 2 aromatic rings. The minimum Gasteiger partial charge on any atom is -0.444 e. The van der Waals surface area contributed by atoms with Crippen LogP contribution in [0, 0.1) is 5.92 Å². The number of hydrogen-bond donors (Lipinski definition) is 1. The number of likely N-dealkylation sites (tertiary alicyclic amines) is 1. The van der Waals surface area contributed by atoms with Gasteiger partial charge < -0.3 is 19.7 Å². The van der Waals surface area contributed by atoms with Gasteiger partial charge in [0.1, 0.15) is 17.7 Å². The van der Waals surface area contributed by atoms with Gasteiger partial charge in [-0.05, 0) is 46.5 Å². The van der Waals surface area contributed by atoms with Crippen LogP contribution in [0.25, 0.3) is 11.0 Å². The lowest BCUT2D eigenvalue weighted by Crippen LogP contribution is -2.53. The molecule has 4 rings (SSSR count). The summed E-state index contributed by atoms with van der Waals surface area (Å²) in [5.74, 6) is -3.53. The summed E-state index contributed by atoms with van der Waals surface area (Å²) in [6, 6.07) is 0. The van der Waals surface area contributed by atoms with Gasteiger partial charge in [-0.25, -0.2) is 28.2 Å². The number of carbonyl (C=O) groups excluding carboxylic acids is 1. The van der Waals surface area contributed by atoms with Gasteiger partial charge in [-0.15, -0.1) is 0 Å². The second kappa shape index (κ2) is 8.76. The van der Waals surface area contributed by atoms with Crippen LogP contribution in [0.15, 0.2) is 12.5 Å². The molecular weight excluding hydrogens is 422 g/mol. The van der Waals surface area contributed by atoms with E-state index in [1.807, 2.05) is 0 Å². The summed E-state index contributed by atoms with van der Waals surface area (Å²) >= 11 is 0. The molecule has 11 heteroatoms. The third-order valence-corrected chi connectivity index (χ3v) is 5.73. The highest BCUT2D eigenvalue weighted by Crippen LogP contribution is 2.34. The number of halogens is 2.